The smallest absolute Gasteiger partial charge is 0.242 e. The van der Waals surface area contributed by atoms with Crippen LogP contribution in [0, 0.1) is 6.92 Å². The van der Waals surface area contributed by atoms with Gasteiger partial charge in [0.2, 0.25) is 10.0 Å². The van der Waals surface area contributed by atoms with Crippen LogP contribution in [0.1, 0.15) is 18.9 Å². The number of nitrogen functional groups attached to an aromatic ring is 1. The SMILES string of the molecule is Cc1cc(Cl)c(S(=O)(=O)NC(C)CCN(C)C)cc1N. The first-order chi connectivity index (χ1) is 9.13. The predicted molar refractivity (Wildman–Crippen MR) is 83.6 cm³/mol. The molecular weight excluding hydrogens is 298 g/mol. The highest BCUT2D eigenvalue weighted by Crippen LogP contribution is 2.26. The molecule has 1 aromatic carbocycles. The molecule has 0 fully saturated rings. The molecule has 3 N–H and O–H groups in total. The molecule has 0 saturated carbocycles. The molecule has 0 amide bonds. The molecule has 0 aliphatic carbocycles. The Hall–Kier alpha value is -0.820. The molecule has 1 atom stereocenters. The number of benzene rings is 1. The summed E-state index contributed by atoms with van der Waals surface area (Å²) in [4.78, 5) is 2.03. The summed E-state index contributed by atoms with van der Waals surface area (Å²) in [5.74, 6) is 0. The first-order valence-electron chi connectivity index (χ1n) is 6.36. The number of nitrogens with zero attached hydrogens (tertiary/aromatic N) is 1. The quantitative estimate of drug-likeness (QED) is 0.785. The molecule has 0 aliphatic rings. The molecule has 0 aliphatic heterocycles. The van der Waals surface area contributed by atoms with Crippen LogP contribution in [-0.2, 0) is 10.0 Å². The van der Waals surface area contributed by atoms with E-state index < -0.39 is 10.0 Å². The van der Waals surface area contributed by atoms with Gasteiger partial charge in [-0.15, -0.1) is 0 Å². The van der Waals surface area contributed by atoms with Crippen molar-refractivity contribution in [3.8, 4) is 0 Å². The number of aryl methyl sites for hydroxylation is 1. The fourth-order valence-electron chi connectivity index (χ4n) is 1.71. The zero-order valence-electron chi connectivity index (χ0n) is 12.3. The summed E-state index contributed by atoms with van der Waals surface area (Å²) in [6, 6.07) is 2.79. The van der Waals surface area contributed by atoms with E-state index >= 15 is 0 Å². The van der Waals surface area contributed by atoms with E-state index in [9.17, 15) is 8.42 Å². The van der Waals surface area contributed by atoms with Crippen LogP contribution in [0.4, 0.5) is 5.69 Å². The summed E-state index contributed by atoms with van der Waals surface area (Å²) in [5.41, 5.74) is 6.93. The van der Waals surface area contributed by atoms with Crippen LogP contribution < -0.4 is 10.5 Å². The molecular formula is C13H22ClN3O2S. The molecule has 0 spiro atoms. The van der Waals surface area contributed by atoms with Gasteiger partial charge in [0.25, 0.3) is 0 Å². The number of hydrogen-bond donors (Lipinski definition) is 2. The second-order valence-electron chi connectivity index (χ2n) is 5.25. The van der Waals surface area contributed by atoms with Crippen molar-refractivity contribution >= 4 is 27.3 Å². The van der Waals surface area contributed by atoms with Gasteiger partial charge in [-0.1, -0.05) is 11.6 Å². The molecule has 0 heterocycles. The van der Waals surface area contributed by atoms with E-state index in [0.717, 1.165) is 12.1 Å². The second kappa shape index (κ2) is 6.76. The van der Waals surface area contributed by atoms with E-state index in [-0.39, 0.29) is 16.0 Å². The van der Waals surface area contributed by atoms with E-state index in [2.05, 4.69) is 4.72 Å². The van der Waals surface area contributed by atoms with E-state index in [1.807, 2.05) is 25.9 Å². The summed E-state index contributed by atoms with van der Waals surface area (Å²) >= 11 is 6.01. The lowest BCUT2D eigenvalue weighted by atomic mass is 10.2. The third-order valence-electron chi connectivity index (χ3n) is 2.98. The van der Waals surface area contributed by atoms with Gasteiger partial charge in [-0.25, -0.2) is 13.1 Å². The Morgan fingerprint density at radius 2 is 2.00 bits per heavy atom. The lowest BCUT2D eigenvalue weighted by molar-refractivity contribution is 0.379. The Kier molecular flexibility index (Phi) is 5.82. The predicted octanol–water partition coefficient (Wildman–Crippen LogP) is 1.85. The van der Waals surface area contributed by atoms with Crippen LogP contribution in [-0.4, -0.2) is 40.0 Å². The van der Waals surface area contributed by atoms with E-state index in [1.54, 1.807) is 13.0 Å². The number of nitrogens with two attached hydrogens (primary N) is 1. The Morgan fingerprint density at radius 3 is 2.55 bits per heavy atom. The molecule has 1 rings (SSSR count). The summed E-state index contributed by atoms with van der Waals surface area (Å²) < 4.78 is 27.2. The van der Waals surface area contributed by atoms with Gasteiger partial charge in [-0.3, -0.25) is 0 Å². The minimum Gasteiger partial charge on any atom is -0.398 e. The minimum absolute atomic E-state index is 0.0268. The van der Waals surface area contributed by atoms with Gasteiger partial charge < -0.3 is 10.6 Å². The van der Waals surface area contributed by atoms with Crippen LogP contribution in [0.3, 0.4) is 0 Å². The molecule has 0 radical (unpaired) electrons. The lowest BCUT2D eigenvalue weighted by Gasteiger charge is -2.17. The summed E-state index contributed by atoms with van der Waals surface area (Å²) in [6.07, 6.45) is 0.713. The number of rotatable bonds is 6. The van der Waals surface area contributed by atoms with Gasteiger partial charge in [0.15, 0.2) is 0 Å². The highest BCUT2D eigenvalue weighted by Gasteiger charge is 2.21. The van der Waals surface area contributed by atoms with Gasteiger partial charge >= 0.3 is 0 Å². The van der Waals surface area contributed by atoms with Crippen molar-refractivity contribution in [2.75, 3.05) is 26.4 Å². The second-order valence-corrected chi connectivity index (χ2v) is 7.34. The number of sulfonamides is 1. The Labute approximate surface area is 126 Å². The lowest BCUT2D eigenvalue weighted by Crippen LogP contribution is -2.35. The fourth-order valence-corrected chi connectivity index (χ4v) is 3.61. The van der Waals surface area contributed by atoms with Gasteiger partial charge in [0.05, 0.1) is 5.02 Å². The summed E-state index contributed by atoms with van der Waals surface area (Å²) in [5, 5.41) is 0.184. The third kappa shape index (κ3) is 4.63. The first kappa shape index (κ1) is 17.2. The van der Waals surface area contributed by atoms with Gasteiger partial charge in [0.1, 0.15) is 4.90 Å². The summed E-state index contributed by atoms with van der Waals surface area (Å²) in [7, 11) is 0.229. The Morgan fingerprint density at radius 1 is 1.40 bits per heavy atom. The number of nitrogens with one attached hydrogen (secondary N) is 1. The topological polar surface area (TPSA) is 75.4 Å². The van der Waals surface area contributed by atoms with Gasteiger partial charge in [0, 0.05) is 11.7 Å². The largest absolute Gasteiger partial charge is 0.398 e. The van der Waals surface area contributed by atoms with Crippen LogP contribution in [0.25, 0.3) is 0 Å². The van der Waals surface area contributed by atoms with Crippen molar-refractivity contribution in [3.05, 3.63) is 22.7 Å². The monoisotopic (exact) mass is 319 g/mol. The van der Waals surface area contributed by atoms with Crippen molar-refractivity contribution in [1.29, 1.82) is 0 Å². The van der Waals surface area contributed by atoms with Crippen LogP contribution in [0.5, 0.6) is 0 Å². The molecule has 0 bridgehead atoms. The van der Waals surface area contributed by atoms with E-state index in [1.165, 1.54) is 6.07 Å². The maximum Gasteiger partial charge on any atom is 0.242 e. The molecule has 0 aromatic heterocycles. The Bertz CT molecular complexity index is 573. The molecule has 1 aromatic rings. The van der Waals surface area contributed by atoms with E-state index in [0.29, 0.717) is 12.1 Å². The van der Waals surface area contributed by atoms with Gasteiger partial charge in [-0.05, 0) is 58.6 Å². The zero-order chi connectivity index (χ0) is 15.5. The van der Waals surface area contributed by atoms with Gasteiger partial charge in [-0.2, -0.15) is 0 Å². The first-order valence-corrected chi connectivity index (χ1v) is 8.22. The van der Waals surface area contributed by atoms with Crippen LogP contribution in [0.2, 0.25) is 5.02 Å². The van der Waals surface area contributed by atoms with Crippen LogP contribution >= 0.6 is 11.6 Å². The van der Waals surface area contributed by atoms with Crippen LogP contribution in [0.15, 0.2) is 17.0 Å². The molecule has 1 unspecified atom stereocenters. The van der Waals surface area contributed by atoms with Crippen molar-refractivity contribution < 1.29 is 8.42 Å². The summed E-state index contributed by atoms with van der Waals surface area (Å²) in [6.45, 7) is 4.41. The van der Waals surface area contributed by atoms with Crippen molar-refractivity contribution in [2.24, 2.45) is 0 Å². The molecule has 5 nitrogen and oxygen atoms in total. The zero-order valence-corrected chi connectivity index (χ0v) is 13.8. The molecule has 114 valence electrons. The standard InChI is InChI=1S/C13H22ClN3O2S/c1-9-7-11(14)13(8-12(9)15)20(18,19)16-10(2)5-6-17(3)4/h7-8,10,16H,5-6,15H2,1-4H3. The highest BCUT2D eigenvalue weighted by atomic mass is 35.5. The number of anilines is 1. The van der Waals surface area contributed by atoms with Crippen molar-refractivity contribution in [3.63, 3.8) is 0 Å². The highest BCUT2D eigenvalue weighted by molar-refractivity contribution is 7.89. The normalized spacial score (nSPS) is 13.7. The third-order valence-corrected chi connectivity index (χ3v) is 5.03. The average Bonchev–Trinajstić information content (AvgIpc) is 2.30. The Balaban J connectivity index is 2.92. The van der Waals surface area contributed by atoms with Crippen molar-refractivity contribution in [2.45, 2.75) is 31.2 Å². The molecule has 20 heavy (non-hydrogen) atoms. The molecule has 7 heteroatoms. The number of halogens is 1. The van der Waals surface area contributed by atoms with E-state index in [4.69, 9.17) is 17.3 Å². The minimum atomic E-state index is -3.66. The number of hydrogen-bond acceptors (Lipinski definition) is 4. The maximum atomic E-state index is 12.3. The average molecular weight is 320 g/mol. The molecule has 0 saturated heterocycles. The fraction of sp³-hybridized carbons (Fsp3) is 0.538. The van der Waals surface area contributed by atoms with Crippen molar-refractivity contribution in [1.82, 2.24) is 9.62 Å². The maximum absolute atomic E-state index is 12.3.